The zero-order valence-electron chi connectivity index (χ0n) is 17.9. The molecular weight excluding hydrogens is 352 g/mol. The number of ether oxygens (including phenoxy) is 1. The van der Waals surface area contributed by atoms with Crippen LogP contribution in [0, 0.1) is 5.92 Å². The van der Waals surface area contributed by atoms with E-state index in [0.717, 1.165) is 56.9 Å². The number of allylic oxidation sites excluding steroid dienone is 4. The normalized spacial score (nSPS) is 22.0. The molecule has 158 valence electrons. The zero-order chi connectivity index (χ0) is 21.1. The average Bonchev–Trinajstić information content (AvgIpc) is 2.65. The van der Waals surface area contributed by atoms with E-state index >= 15 is 0 Å². The van der Waals surface area contributed by atoms with E-state index in [2.05, 4.69) is 39.2 Å². The first-order valence-corrected chi connectivity index (χ1v) is 10.4. The molecule has 0 aromatic rings. The Morgan fingerprint density at radius 3 is 2.32 bits per heavy atom. The van der Waals surface area contributed by atoms with Gasteiger partial charge in [0.1, 0.15) is 0 Å². The van der Waals surface area contributed by atoms with E-state index in [1.165, 1.54) is 11.1 Å². The highest BCUT2D eigenvalue weighted by Crippen LogP contribution is 2.26. The van der Waals surface area contributed by atoms with Gasteiger partial charge in [0.2, 0.25) is 0 Å². The average molecular weight is 391 g/mol. The topological polar surface area (TPSA) is 66.8 Å². The Morgan fingerprint density at radius 1 is 1.11 bits per heavy atom. The first kappa shape index (κ1) is 24.4. The van der Waals surface area contributed by atoms with Gasteiger partial charge in [0.15, 0.2) is 0 Å². The van der Waals surface area contributed by atoms with Gasteiger partial charge in [0.05, 0.1) is 24.4 Å². The third kappa shape index (κ3) is 9.52. The molecule has 3 atom stereocenters. The van der Waals surface area contributed by atoms with Gasteiger partial charge in [-0.3, -0.25) is 0 Å². The van der Waals surface area contributed by atoms with Crippen LogP contribution < -0.4 is 0 Å². The summed E-state index contributed by atoms with van der Waals surface area (Å²) in [7, 11) is 0. The van der Waals surface area contributed by atoms with Crippen LogP contribution >= 0.6 is 0 Å². The van der Waals surface area contributed by atoms with Crippen LogP contribution in [0.2, 0.25) is 0 Å². The lowest BCUT2D eigenvalue weighted by atomic mass is 9.91. The molecule has 0 spiro atoms. The third-order valence-corrected chi connectivity index (χ3v) is 5.51. The molecule has 28 heavy (non-hydrogen) atoms. The maximum atomic E-state index is 10.9. The van der Waals surface area contributed by atoms with Crippen LogP contribution in [-0.2, 0) is 9.53 Å². The molecule has 0 radical (unpaired) electrons. The molecule has 1 saturated heterocycles. The van der Waals surface area contributed by atoms with E-state index in [9.17, 15) is 9.90 Å². The van der Waals surface area contributed by atoms with Gasteiger partial charge in [0, 0.05) is 0 Å². The van der Waals surface area contributed by atoms with Crippen molar-refractivity contribution >= 4 is 5.97 Å². The molecule has 1 aliphatic rings. The molecule has 1 heterocycles. The van der Waals surface area contributed by atoms with Crippen LogP contribution in [0.4, 0.5) is 0 Å². The highest BCUT2D eigenvalue weighted by molar-refractivity contribution is 5.86. The second-order valence-electron chi connectivity index (χ2n) is 8.21. The van der Waals surface area contributed by atoms with Gasteiger partial charge in [-0.05, 0) is 78.1 Å². The van der Waals surface area contributed by atoms with Crippen molar-refractivity contribution in [3.63, 3.8) is 0 Å². The molecule has 0 aliphatic carbocycles. The van der Waals surface area contributed by atoms with Gasteiger partial charge >= 0.3 is 5.97 Å². The van der Waals surface area contributed by atoms with E-state index < -0.39 is 12.1 Å². The van der Waals surface area contributed by atoms with E-state index in [4.69, 9.17) is 9.84 Å². The molecule has 1 aliphatic heterocycles. The Morgan fingerprint density at radius 2 is 1.75 bits per heavy atom. The summed E-state index contributed by atoms with van der Waals surface area (Å²) in [5.41, 5.74) is 3.73. The number of carbonyl (C=O) groups is 1. The molecule has 4 heteroatoms. The van der Waals surface area contributed by atoms with Crippen molar-refractivity contribution in [1.82, 2.24) is 0 Å². The van der Waals surface area contributed by atoms with E-state index in [1.807, 2.05) is 6.92 Å². The third-order valence-electron chi connectivity index (χ3n) is 5.51. The summed E-state index contributed by atoms with van der Waals surface area (Å²) in [6.45, 7) is 14.2. The first-order valence-electron chi connectivity index (χ1n) is 10.4. The lowest BCUT2D eigenvalue weighted by Crippen LogP contribution is -2.29. The summed E-state index contributed by atoms with van der Waals surface area (Å²) in [5.74, 6) is -0.456. The summed E-state index contributed by atoms with van der Waals surface area (Å²) in [4.78, 5) is 10.9. The molecule has 0 amide bonds. The van der Waals surface area contributed by atoms with Crippen molar-refractivity contribution in [2.45, 2.75) is 84.3 Å². The van der Waals surface area contributed by atoms with Crippen LogP contribution in [0.3, 0.4) is 0 Å². The summed E-state index contributed by atoms with van der Waals surface area (Å²) in [5, 5.41) is 18.8. The summed E-state index contributed by atoms with van der Waals surface area (Å²) >= 11 is 0. The Hall–Kier alpha value is -1.65. The molecule has 0 aromatic heterocycles. The molecule has 1 rings (SSSR count). The molecule has 1 fully saturated rings. The van der Waals surface area contributed by atoms with Crippen molar-refractivity contribution in [1.29, 1.82) is 0 Å². The largest absolute Gasteiger partial charge is 0.478 e. The van der Waals surface area contributed by atoms with Crippen LogP contribution in [0.15, 0.2) is 47.6 Å². The predicted octanol–water partition coefficient (Wildman–Crippen LogP) is 5.59. The number of aliphatic hydroxyl groups is 1. The zero-order valence-corrected chi connectivity index (χ0v) is 17.9. The van der Waals surface area contributed by atoms with Crippen molar-refractivity contribution < 1.29 is 19.7 Å². The number of aliphatic hydroxyl groups excluding tert-OH is 1. The molecule has 2 unspecified atom stereocenters. The Labute approximate surface area is 170 Å². The van der Waals surface area contributed by atoms with E-state index in [1.54, 1.807) is 0 Å². The smallest absolute Gasteiger partial charge is 0.333 e. The van der Waals surface area contributed by atoms with Crippen molar-refractivity contribution in [2.24, 2.45) is 5.92 Å². The van der Waals surface area contributed by atoms with Crippen LogP contribution in [0.25, 0.3) is 0 Å². The van der Waals surface area contributed by atoms with E-state index in [-0.39, 0.29) is 11.7 Å². The minimum Gasteiger partial charge on any atom is -0.478 e. The molecule has 0 bridgehead atoms. The fourth-order valence-electron chi connectivity index (χ4n) is 3.37. The quantitative estimate of drug-likeness (QED) is 0.336. The number of rotatable bonds is 12. The molecule has 0 saturated carbocycles. The maximum absolute atomic E-state index is 10.9. The fraction of sp³-hybridized carbons (Fsp3) is 0.625. The molecule has 4 nitrogen and oxygen atoms in total. The standard InChI is InChI=1S/C24H38O4/c1-17(2)22(25)14-12-19(4)9-6-8-18(3)10-7-11-21-13-15-23(28-16-21)20(5)24(26)27/h9-10,21-23,25H,1,5-8,11-16H2,2-4H3,(H,26,27)/b18-10+,19-9+/t21-,22?,23?/m0/s1. The lowest BCUT2D eigenvalue weighted by Gasteiger charge is -2.28. The minimum atomic E-state index is -0.960. The SMILES string of the molecule is C=C(C)C(O)CC/C(C)=C/CC/C(C)=C/CC[C@H]1CCC(C(=C)C(=O)O)OC1. The predicted molar refractivity (Wildman–Crippen MR) is 115 cm³/mol. The molecule has 0 aromatic carbocycles. The van der Waals surface area contributed by atoms with Crippen molar-refractivity contribution in [2.75, 3.05) is 6.61 Å². The van der Waals surface area contributed by atoms with Crippen LogP contribution in [-0.4, -0.2) is 35.0 Å². The Balaban J connectivity index is 2.22. The monoisotopic (exact) mass is 390 g/mol. The Kier molecular flexibility index (Phi) is 11.1. The minimum absolute atomic E-state index is 0.173. The number of hydrogen-bond donors (Lipinski definition) is 2. The summed E-state index contributed by atoms with van der Waals surface area (Å²) < 4.78 is 5.68. The van der Waals surface area contributed by atoms with Gasteiger partial charge in [-0.2, -0.15) is 0 Å². The number of carboxylic acids is 1. The van der Waals surface area contributed by atoms with Gasteiger partial charge in [-0.1, -0.05) is 42.0 Å². The molecular formula is C24H38O4. The summed E-state index contributed by atoms with van der Waals surface area (Å²) in [6.07, 6.45) is 11.5. The Bertz CT molecular complexity index is 592. The highest BCUT2D eigenvalue weighted by Gasteiger charge is 2.26. The van der Waals surface area contributed by atoms with Gasteiger partial charge in [-0.25, -0.2) is 4.79 Å². The van der Waals surface area contributed by atoms with Crippen LogP contribution in [0.5, 0.6) is 0 Å². The molecule has 2 N–H and O–H groups in total. The number of hydrogen-bond acceptors (Lipinski definition) is 3. The van der Waals surface area contributed by atoms with E-state index in [0.29, 0.717) is 12.5 Å². The fourth-order valence-corrected chi connectivity index (χ4v) is 3.37. The van der Waals surface area contributed by atoms with Gasteiger partial charge in [-0.15, -0.1) is 0 Å². The lowest BCUT2D eigenvalue weighted by molar-refractivity contribution is -0.134. The van der Waals surface area contributed by atoms with Gasteiger partial charge < -0.3 is 14.9 Å². The number of carboxylic acid groups (broad SMARTS) is 1. The van der Waals surface area contributed by atoms with Crippen LogP contribution in [0.1, 0.15) is 72.1 Å². The second-order valence-corrected chi connectivity index (χ2v) is 8.21. The first-order chi connectivity index (χ1) is 13.2. The van der Waals surface area contributed by atoms with Crippen molar-refractivity contribution in [3.8, 4) is 0 Å². The van der Waals surface area contributed by atoms with Crippen molar-refractivity contribution in [3.05, 3.63) is 47.6 Å². The highest BCUT2D eigenvalue weighted by atomic mass is 16.5. The van der Waals surface area contributed by atoms with Gasteiger partial charge in [0.25, 0.3) is 0 Å². The second kappa shape index (κ2) is 12.7. The number of aliphatic carboxylic acids is 1. The summed E-state index contributed by atoms with van der Waals surface area (Å²) in [6, 6.07) is 0. The maximum Gasteiger partial charge on any atom is 0.333 e.